The molecule has 2 aliphatic heterocycles. The van der Waals surface area contributed by atoms with Gasteiger partial charge in [-0.05, 0) is 49.1 Å². The number of benzene rings is 2. The Labute approximate surface area is 176 Å². The van der Waals surface area contributed by atoms with E-state index in [1.54, 1.807) is 14.2 Å². The molecule has 6 heteroatoms. The van der Waals surface area contributed by atoms with Crippen LogP contribution in [-0.4, -0.2) is 41.8 Å². The van der Waals surface area contributed by atoms with Crippen LogP contribution in [0, 0.1) is 0 Å². The maximum absolute atomic E-state index is 5.65. The summed E-state index contributed by atoms with van der Waals surface area (Å²) in [5.41, 5.74) is 2.44. The summed E-state index contributed by atoms with van der Waals surface area (Å²) in [5.74, 6) is 3.23. The average Bonchev–Trinajstić information content (AvgIpc) is 3.51. The van der Waals surface area contributed by atoms with Crippen LogP contribution in [0.5, 0.6) is 11.5 Å². The van der Waals surface area contributed by atoms with Crippen LogP contribution in [0.25, 0.3) is 0 Å². The Balaban J connectivity index is 1.35. The molecule has 0 N–H and O–H groups in total. The molecule has 2 fully saturated rings. The topological polar surface area (TPSA) is 60.6 Å². The van der Waals surface area contributed by atoms with E-state index in [-0.39, 0.29) is 0 Å². The summed E-state index contributed by atoms with van der Waals surface area (Å²) in [7, 11) is 3.28. The molecule has 2 saturated heterocycles. The second-order valence-corrected chi connectivity index (χ2v) is 8.13. The predicted molar refractivity (Wildman–Crippen MR) is 113 cm³/mol. The zero-order valence-corrected chi connectivity index (χ0v) is 17.5. The van der Waals surface area contributed by atoms with Gasteiger partial charge in [-0.2, -0.15) is 4.98 Å². The lowest BCUT2D eigenvalue weighted by atomic mass is 9.94. The molecular weight excluding hydrogens is 378 g/mol. The van der Waals surface area contributed by atoms with Crippen LogP contribution < -0.4 is 9.47 Å². The minimum atomic E-state index is 0.320. The normalized spacial score (nSPS) is 23.5. The van der Waals surface area contributed by atoms with Gasteiger partial charge in [0.25, 0.3) is 0 Å². The van der Waals surface area contributed by atoms with Gasteiger partial charge >= 0.3 is 0 Å². The van der Waals surface area contributed by atoms with Gasteiger partial charge in [-0.25, -0.2) is 0 Å². The summed E-state index contributed by atoms with van der Waals surface area (Å²) in [6, 6.07) is 17.6. The molecule has 0 saturated carbocycles. The van der Waals surface area contributed by atoms with Crippen LogP contribution >= 0.6 is 0 Å². The highest BCUT2D eigenvalue weighted by atomic mass is 16.5. The van der Waals surface area contributed by atoms with Crippen molar-refractivity contribution in [1.29, 1.82) is 0 Å². The van der Waals surface area contributed by atoms with Gasteiger partial charge in [0, 0.05) is 18.0 Å². The molecule has 3 atom stereocenters. The van der Waals surface area contributed by atoms with Crippen molar-refractivity contribution in [3.8, 4) is 11.5 Å². The number of fused-ring (bicyclic) bond motifs is 1. The molecule has 0 unspecified atom stereocenters. The van der Waals surface area contributed by atoms with Gasteiger partial charge in [-0.1, -0.05) is 41.6 Å². The van der Waals surface area contributed by atoms with Crippen molar-refractivity contribution in [2.24, 2.45) is 0 Å². The fraction of sp³-hybridized carbons (Fsp3) is 0.417. The molecule has 0 aliphatic carbocycles. The Kier molecular flexibility index (Phi) is 5.17. The van der Waals surface area contributed by atoms with Crippen molar-refractivity contribution in [1.82, 2.24) is 15.0 Å². The van der Waals surface area contributed by atoms with Crippen molar-refractivity contribution in [2.45, 2.75) is 43.7 Å². The molecule has 0 amide bonds. The molecule has 0 bridgehead atoms. The minimum absolute atomic E-state index is 0.320. The fourth-order valence-electron chi connectivity index (χ4n) is 5.10. The van der Waals surface area contributed by atoms with Gasteiger partial charge in [0.1, 0.15) is 0 Å². The molecule has 6 nitrogen and oxygen atoms in total. The van der Waals surface area contributed by atoms with Crippen LogP contribution in [0.15, 0.2) is 53.1 Å². The summed E-state index contributed by atoms with van der Waals surface area (Å²) in [4.78, 5) is 7.44. The molecule has 30 heavy (non-hydrogen) atoms. The first-order valence-corrected chi connectivity index (χ1v) is 10.6. The van der Waals surface area contributed by atoms with Gasteiger partial charge in [0.15, 0.2) is 17.3 Å². The van der Waals surface area contributed by atoms with Gasteiger partial charge in [0.05, 0.1) is 20.6 Å². The smallest absolute Gasteiger partial charge is 0.231 e. The van der Waals surface area contributed by atoms with E-state index < -0.39 is 0 Å². The second-order valence-electron chi connectivity index (χ2n) is 8.13. The predicted octanol–water partition coefficient (Wildman–Crippen LogP) is 4.37. The molecule has 2 aromatic carbocycles. The SMILES string of the molecule is COc1ccc(Cc2nc([C@H]3C[C@@H](c4ccccc4)N4CCC[C@H]34)no2)cc1OC. The Bertz CT molecular complexity index is 1000. The molecule has 156 valence electrons. The zero-order chi connectivity index (χ0) is 20.5. The fourth-order valence-corrected chi connectivity index (χ4v) is 5.10. The van der Waals surface area contributed by atoms with Gasteiger partial charge < -0.3 is 14.0 Å². The van der Waals surface area contributed by atoms with Crippen LogP contribution in [0.4, 0.5) is 0 Å². The highest BCUT2D eigenvalue weighted by molar-refractivity contribution is 5.43. The van der Waals surface area contributed by atoms with Crippen LogP contribution in [0.1, 0.15) is 54.1 Å². The number of hydrogen-bond donors (Lipinski definition) is 0. The van der Waals surface area contributed by atoms with Crippen molar-refractivity contribution in [3.05, 3.63) is 71.4 Å². The first-order valence-electron chi connectivity index (χ1n) is 10.6. The number of rotatable bonds is 6. The number of nitrogens with zero attached hydrogens (tertiary/aromatic N) is 3. The Hall–Kier alpha value is -2.86. The first kappa shape index (κ1) is 19.1. The lowest BCUT2D eigenvalue weighted by Gasteiger charge is -2.24. The number of aromatic nitrogens is 2. The van der Waals surface area contributed by atoms with Crippen LogP contribution in [-0.2, 0) is 6.42 Å². The van der Waals surface area contributed by atoms with E-state index in [1.807, 2.05) is 18.2 Å². The van der Waals surface area contributed by atoms with E-state index in [0.717, 1.165) is 24.4 Å². The number of ether oxygens (including phenoxy) is 2. The average molecular weight is 405 g/mol. The minimum Gasteiger partial charge on any atom is -0.493 e. The Morgan fingerprint density at radius 2 is 1.90 bits per heavy atom. The van der Waals surface area contributed by atoms with Crippen molar-refractivity contribution >= 4 is 0 Å². The molecule has 2 aliphatic rings. The van der Waals surface area contributed by atoms with Gasteiger partial charge in [0.2, 0.25) is 5.89 Å². The van der Waals surface area contributed by atoms with E-state index in [9.17, 15) is 0 Å². The zero-order valence-electron chi connectivity index (χ0n) is 17.5. The largest absolute Gasteiger partial charge is 0.493 e. The Morgan fingerprint density at radius 3 is 2.70 bits per heavy atom. The third-order valence-electron chi connectivity index (χ3n) is 6.49. The maximum Gasteiger partial charge on any atom is 0.231 e. The highest BCUT2D eigenvalue weighted by Crippen LogP contribution is 2.48. The summed E-state index contributed by atoms with van der Waals surface area (Å²) < 4.78 is 16.4. The molecule has 5 rings (SSSR count). The molecule has 0 spiro atoms. The monoisotopic (exact) mass is 405 g/mol. The van der Waals surface area contributed by atoms with Gasteiger partial charge in [-0.3, -0.25) is 4.90 Å². The van der Waals surface area contributed by atoms with E-state index in [1.165, 1.54) is 18.4 Å². The van der Waals surface area contributed by atoms with Crippen molar-refractivity contribution in [3.63, 3.8) is 0 Å². The Morgan fingerprint density at radius 1 is 1.07 bits per heavy atom. The maximum atomic E-state index is 5.65. The lowest BCUT2D eigenvalue weighted by molar-refractivity contribution is 0.243. The van der Waals surface area contributed by atoms with E-state index in [4.69, 9.17) is 19.0 Å². The van der Waals surface area contributed by atoms with E-state index in [2.05, 4.69) is 40.4 Å². The lowest BCUT2D eigenvalue weighted by Crippen LogP contribution is -2.27. The first-order chi connectivity index (χ1) is 14.8. The molecular formula is C24H27N3O3. The number of methoxy groups -OCH3 is 2. The summed E-state index contributed by atoms with van der Waals surface area (Å²) >= 11 is 0. The second kappa shape index (κ2) is 8.11. The third-order valence-corrected chi connectivity index (χ3v) is 6.49. The highest BCUT2D eigenvalue weighted by Gasteiger charge is 2.46. The quantitative estimate of drug-likeness (QED) is 0.607. The van der Waals surface area contributed by atoms with Crippen LogP contribution in [0.2, 0.25) is 0 Å². The summed E-state index contributed by atoms with van der Waals surface area (Å²) in [6.07, 6.45) is 4.06. The standard InChI is InChI=1S/C24H27N3O3/c1-28-21-11-10-16(13-22(21)29-2)14-23-25-24(26-30-23)18-15-20(17-7-4-3-5-8-17)27-12-6-9-19(18)27/h3-5,7-8,10-11,13,18-20H,6,9,12,14-15H2,1-2H3/t18-,19+,20-/m0/s1. The summed E-state index contributed by atoms with van der Waals surface area (Å²) in [6.45, 7) is 1.15. The molecule has 3 heterocycles. The van der Waals surface area contributed by atoms with E-state index in [0.29, 0.717) is 41.8 Å². The van der Waals surface area contributed by atoms with E-state index >= 15 is 0 Å². The molecule has 3 aromatic rings. The van der Waals surface area contributed by atoms with Crippen LogP contribution in [0.3, 0.4) is 0 Å². The molecule has 0 radical (unpaired) electrons. The third kappa shape index (κ3) is 3.45. The van der Waals surface area contributed by atoms with Crippen molar-refractivity contribution in [2.75, 3.05) is 20.8 Å². The molecule has 1 aromatic heterocycles. The van der Waals surface area contributed by atoms with Gasteiger partial charge in [-0.15, -0.1) is 0 Å². The summed E-state index contributed by atoms with van der Waals surface area (Å²) in [5, 5.41) is 4.39. The number of hydrogen-bond acceptors (Lipinski definition) is 6. The van der Waals surface area contributed by atoms with Crippen molar-refractivity contribution < 1.29 is 14.0 Å².